The summed E-state index contributed by atoms with van der Waals surface area (Å²) in [5.41, 5.74) is 1.33. The van der Waals surface area contributed by atoms with Crippen LogP contribution in [0.2, 0.25) is 0 Å². The number of nitrogens with one attached hydrogen (secondary N) is 1. The molecule has 1 saturated heterocycles. The number of hydrogen-bond donors (Lipinski definition) is 1. The van der Waals surface area contributed by atoms with Gasteiger partial charge in [0.1, 0.15) is 5.75 Å². The molecular weight excluding hydrogens is 260 g/mol. The van der Waals surface area contributed by atoms with E-state index in [4.69, 9.17) is 4.74 Å². The maximum Gasteiger partial charge on any atom is 0.123 e. The summed E-state index contributed by atoms with van der Waals surface area (Å²) in [6.45, 7) is 10.8. The number of rotatable bonds is 8. The van der Waals surface area contributed by atoms with Gasteiger partial charge in [0.05, 0.1) is 6.61 Å². The molecule has 3 heteroatoms. The number of hydrogen-bond acceptors (Lipinski definition) is 3. The van der Waals surface area contributed by atoms with Gasteiger partial charge in [0.15, 0.2) is 0 Å². The largest absolute Gasteiger partial charge is 0.493 e. The molecule has 0 aromatic heterocycles. The van der Waals surface area contributed by atoms with Crippen LogP contribution in [-0.2, 0) is 6.54 Å². The predicted octanol–water partition coefficient (Wildman–Crippen LogP) is 3.30. The highest BCUT2D eigenvalue weighted by Crippen LogP contribution is 2.23. The van der Waals surface area contributed by atoms with Gasteiger partial charge in [-0.05, 0) is 57.4 Å². The molecule has 0 aliphatic carbocycles. The van der Waals surface area contributed by atoms with Crippen molar-refractivity contribution < 1.29 is 4.74 Å². The molecule has 1 aliphatic heterocycles. The van der Waals surface area contributed by atoms with E-state index < -0.39 is 0 Å². The second kappa shape index (κ2) is 9.06. The number of para-hydroxylation sites is 1. The van der Waals surface area contributed by atoms with Crippen molar-refractivity contribution in [2.45, 2.75) is 39.7 Å². The quantitative estimate of drug-likeness (QED) is 0.795. The lowest BCUT2D eigenvalue weighted by Gasteiger charge is -2.32. The lowest BCUT2D eigenvalue weighted by Crippen LogP contribution is -2.36. The summed E-state index contributed by atoms with van der Waals surface area (Å²) < 4.78 is 5.87. The fraction of sp³-hybridized carbons (Fsp3) is 0.667. The van der Waals surface area contributed by atoms with Crippen LogP contribution >= 0.6 is 0 Å². The molecule has 0 bridgehead atoms. The van der Waals surface area contributed by atoms with E-state index in [9.17, 15) is 0 Å². The number of piperidine rings is 1. The number of nitrogens with zero attached hydrogens (tertiary/aromatic N) is 1. The Morgan fingerprint density at radius 2 is 1.95 bits per heavy atom. The summed E-state index contributed by atoms with van der Waals surface area (Å²) in [6.07, 6.45) is 3.68. The van der Waals surface area contributed by atoms with Gasteiger partial charge in [0.2, 0.25) is 0 Å². The molecule has 21 heavy (non-hydrogen) atoms. The Bertz CT molecular complexity index is 400. The molecule has 1 heterocycles. The SMILES string of the molecule is CCCOc1ccccc1CN1CCC(CNCC)CC1. The standard InChI is InChI=1S/C18H30N2O/c1-3-13-21-18-8-6-5-7-17(18)15-20-11-9-16(10-12-20)14-19-4-2/h5-8,16,19H,3-4,9-15H2,1-2H3. The minimum absolute atomic E-state index is 0.807. The zero-order chi connectivity index (χ0) is 14.9. The molecule has 0 spiro atoms. The zero-order valence-corrected chi connectivity index (χ0v) is 13.6. The Balaban J connectivity index is 1.83. The van der Waals surface area contributed by atoms with Crippen molar-refractivity contribution in [2.75, 3.05) is 32.8 Å². The lowest BCUT2D eigenvalue weighted by molar-refractivity contribution is 0.173. The highest BCUT2D eigenvalue weighted by molar-refractivity contribution is 5.33. The first-order chi connectivity index (χ1) is 10.3. The van der Waals surface area contributed by atoms with E-state index in [0.717, 1.165) is 37.8 Å². The summed E-state index contributed by atoms with van der Waals surface area (Å²) in [7, 11) is 0. The van der Waals surface area contributed by atoms with Gasteiger partial charge in [0.25, 0.3) is 0 Å². The average Bonchev–Trinajstić information content (AvgIpc) is 2.53. The molecule has 1 aromatic carbocycles. The van der Waals surface area contributed by atoms with Crippen LogP contribution < -0.4 is 10.1 Å². The fourth-order valence-corrected chi connectivity index (χ4v) is 2.93. The average molecular weight is 290 g/mol. The van der Waals surface area contributed by atoms with Gasteiger partial charge in [0, 0.05) is 12.1 Å². The third-order valence-electron chi connectivity index (χ3n) is 4.22. The van der Waals surface area contributed by atoms with Crippen LogP contribution in [0.1, 0.15) is 38.7 Å². The molecule has 0 atom stereocenters. The van der Waals surface area contributed by atoms with Crippen LogP contribution in [0.25, 0.3) is 0 Å². The number of ether oxygens (including phenoxy) is 1. The van der Waals surface area contributed by atoms with Gasteiger partial charge < -0.3 is 10.1 Å². The molecule has 0 amide bonds. The Morgan fingerprint density at radius 3 is 2.67 bits per heavy atom. The fourth-order valence-electron chi connectivity index (χ4n) is 2.93. The van der Waals surface area contributed by atoms with Crippen molar-refractivity contribution in [1.82, 2.24) is 10.2 Å². The second-order valence-corrected chi connectivity index (χ2v) is 5.98. The van der Waals surface area contributed by atoms with E-state index >= 15 is 0 Å². The molecule has 1 N–H and O–H groups in total. The first kappa shape index (κ1) is 16.3. The smallest absolute Gasteiger partial charge is 0.123 e. The van der Waals surface area contributed by atoms with E-state index in [1.54, 1.807) is 0 Å². The molecule has 0 unspecified atom stereocenters. The first-order valence-electron chi connectivity index (χ1n) is 8.47. The maximum absolute atomic E-state index is 5.87. The summed E-state index contributed by atoms with van der Waals surface area (Å²) in [4.78, 5) is 2.57. The summed E-state index contributed by atoms with van der Waals surface area (Å²) in [5, 5.41) is 3.48. The lowest BCUT2D eigenvalue weighted by atomic mass is 9.96. The third kappa shape index (κ3) is 5.33. The van der Waals surface area contributed by atoms with E-state index in [2.05, 4.69) is 48.3 Å². The Kier molecular flexibility index (Phi) is 7.04. The maximum atomic E-state index is 5.87. The summed E-state index contributed by atoms with van der Waals surface area (Å²) in [6, 6.07) is 8.49. The van der Waals surface area contributed by atoms with Crippen molar-refractivity contribution >= 4 is 0 Å². The molecule has 0 radical (unpaired) electrons. The second-order valence-electron chi connectivity index (χ2n) is 5.98. The van der Waals surface area contributed by atoms with Gasteiger partial charge >= 0.3 is 0 Å². The Morgan fingerprint density at radius 1 is 1.19 bits per heavy atom. The van der Waals surface area contributed by atoms with Gasteiger partial charge in [-0.1, -0.05) is 32.0 Å². The third-order valence-corrected chi connectivity index (χ3v) is 4.22. The van der Waals surface area contributed by atoms with Crippen molar-refractivity contribution in [3.8, 4) is 5.75 Å². The molecule has 118 valence electrons. The first-order valence-corrected chi connectivity index (χ1v) is 8.47. The van der Waals surface area contributed by atoms with Gasteiger partial charge in [-0.15, -0.1) is 0 Å². The zero-order valence-electron chi connectivity index (χ0n) is 13.6. The van der Waals surface area contributed by atoms with Crippen LogP contribution in [0.5, 0.6) is 5.75 Å². The highest BCUT2D eigenvalue weighted by Gasteiger charge is 2.19. The molecular formula is C18H30N2O. The predicted molar refractivity (Wildman–Crippen MR) is 88.8 cm³/mol. The van der Waals surface area contributed by atoms with Gasteiger partial charge in [-0.3, -0.25) is 4.90 Å². The summed E-state index contributed by atoms with van der Waals surface area (Å²) >= 11 is 0. The molecule has 1 aliphatic rings. The summed E-state index contributed by atoms with van der Waals surface area (Å²) in [5.74, 6) is 1.92. The minimum Gasteiger partial charge on any atom is -0.493 e. The van der Waals surface area contributed by atoms with Crippen LogP contribution in [0.4, 0.5) is 0 Å². The van der Waals surface area contributed by atoms with Crippen LogP contribution in [0.15, 0.2) is 24.3 Å². The van der Waals surface area contributed by atoms with E-state index in [-0.39, 0.29) is 0 Å². The Hall–Kier alpha value is -1.06. The van der Waals surface area contributed by atoms with Crippen LogP contribution in [0, 0.1) is 5.92 Å². The van der Waals surface area contributed by atoms with Crippen molar-refractivity contribution in [3.05, 3.63) is 29.8 Å². The number of likely N-dealkylation sites (tertiary alicyclic amines) is 1. The molecule has 1 aromatic rings. The normalized spacial score (nSPS) is 17.0. The van der Waals surface area contributed by atoms with Gasteiger partial charge in [-0.2, -0.15) is 0 Å². The van der Waals surface area contributed by atoms with Crippen molar-refractivity contribution in [3.63, 3.8) is 0 Å². The Labute approximate surface area is 129 Å². The van der Waals surface area contributed by atoms with E-state index in [0.29, 0.717) is 0 Å². The van der Waals surface area contributed by atoms with Crippen LogP contribution in [-0.4, -0.2) is 37.7 Å². The van der Waals surface area contributed by atoms with Crippen LogP contribution in [0.3, 0.4) is 0 Å². The van der Waals surface area contributed by atoms with Crippen molar-refractivity contribution in [2.24, 2.45) is 5.92 Å². The number of benzene rings is 1. The van der Waals surface area contributed by atoms with Gasteiger partial charge in [-0.25, -0.2) is 0 Å². The molecule has 3 nitrogen and oxygen atoms in total. The van der Waals surface area contributed by atoms with E-state index in [1.807, 2.05) is 0 Å². The molecule has 0 saturated carbocycles. The van der Waals surface area contributed by atoms with Crippen molar-refractivity contribution in [1.29, 1.82) is 0 Å². The topological polar surface area (TPSA) is 24.5 Å². The minimum atomic E-state index is 0.807. The van der Waals surface area contributed by atoms with E-state index in [1.165, 1.54) is 38.0 Å². The molecule has 1 fully saturated rings. The molecule has 2 rings (SSSR count). The monoisotopic (exact) mass is 290 g/mol. The highest BCUT2D eigenvalue weighted by atomic mass is 16.5.